The van der Waals surface area contributed by atoms with Gasteiger partial charge in [-0.25, -0.2) is 4.98 Å². The summed E-state index contributed by atoms with van der Waals surface area (Å²) in [6.45, 7) is 6.64. The highest BCUT2D eigenvalue weighted by Crippen LogP contribution is 2.26. The van der Waals surface area contributed by atoms with Crippen molar-refractivity contribution in [2.24, 2.45) is 5.73 Å². The van der Waals surface area contributed by atoms with Crippen LogP contribution in [0.2, 0.25) is 0 Å². The molecule has 0 aliphatic carbocycles. The molecule has 0 spiro atoms. The molecule has 0 aliphatic heterocycles. The molecule has 0 aliphatic rings. The van der Waals surface area contributed by atoms with Crippen LogP contribution in [0.4, 0.5) is 0 Å². The van der Waals surface area contributed by atoms with E-state index in [-0.39, 0.29) is 29.1 Å². The lowest BCUT2D eigenvalue weighted by Crippen LogP contribution is -2.34. The molecule has 2 aromatic rings. The lowest BCUT2D eigenvalue weighted by Gasteiger charge is -2.10. The Balaban J connectivity index is 0.00000264. The standard InChI is InChI=1S/C14H20N4O2S2.ClH/c1-7-8(2)22-14-11(7)13(20)17-10(18-14)6-21-9(3)12(19)16-5-4-15;/h9H,4-6,15H2,1-3H3,(H,16,19)(H,17,18,20);1H. The smallest absolute Gasteiger partial charge is 0.259 e. The highest BCUT2D eigenvalue weighted by Gasteiger charge is 2.15. The quantitative estimate of drug-likeness (QED) is 0.712. The van der Waals surface area contributed by atoms with Crippen molar-refractivity contribution in [1.29, 1.82) is 0 Å². The molecule has 128 valence electrons. The Morgan fingerprint density at radius 3 is 2.83 bits per heavy atom. The monoisotopic (exact) mass is 376 g/mol. The minimum Gasteiger partial charge on any atom is -0.354 e. The third kappa shape index (κ3) is 4.69. The largest absolute Gasteiger partial charge is 0.354 e. The summed E-state index contributed by atoms with van der Waals surface area (Å²) in [5.41, 5.74) is 6.24. The van der Waals surface area contributed by atoms with Gasteiger partial charge in [-0.3, -0.25) is 9.59 Å². The first-order chi connectivity index (χ1) is 10.4. The first kappa shape index (κ1) is 20.0. The number of carbonyl (C=O) groups excluding carboxylic acids is 1. The zero-order valence-corrected chi connectivity index (χ0v) is 15.7. The number of carbonyl (C=O) groups is 1. The zero-order chi connectivity index (χ0) is 16.3. The number of thiophene rings is 1. The molecule has 2 aromatic heterocycles. The highest BCUT2D eigenvalue weighted by molar-refractivity contribution is 7.99. The fraction of sp³-hybridized carbons (Fsp3) is 0.500. The summed E-state index contributed by atoms with van der Waals surface area (Å²) >= 11 is 2.96. The van der Waals surface area contributed by atoms with Gasteiger partial charge >= 0.3 is 0 Å². The molecule has 4 N–H and O–H groups in total. The number of aromatic amines is 1. The van der Waals surface area contributed by atoms with Crippen LogP contribution < -0.4 is 16.6 Å². The van der Waals surface area contributed by atoms with Gasteiger partial charge in [0.1, 0.15) is 10.7 Å². The van der Waals surface area contributed by atoms with E-state index in [1.807, 2.05) is 20.8 Å². The van der Waals surface area contributed by atoms with E-state index in [0.29, 0.717) is 30.1 Å². The number of halogens is 1. The van der Waals surface area contributed by atoms with Crippen molar-refractivity contribution >= 4 is 51.6 Å². The number of thioether (sulfide) groups is 1. The molecule has 1 atom stereocenters. The van der Waals surface area contributed by atoms with Crippen molar-refractivity contribution in [3.63, 3.8) is 0 Å². The van der Waals surface area contributed by atoms with E-state index in [9.17, 15) is 9.59 Å². The molecule has 2 rings (SSSR count). The molecular weight excluding hydrogens is 356 g/mol. The fourth-order valence-electron chi connectivity index (χ4n) is 1.99. The number of nitrogens with two attached hydrogens (primary N) is 1. The van der Waals surface area contributed by atoms with Crippen molar-refractivity contribution in [2.75, 3.05) is 13.1 Å². The molecule has 6 nitrogen and oxygen atoms in total. The maximum atomic E-state index is 12.2. The van der Waals surface area contributed by atoms with E-state index >= 15 is 0 Å². The second-order valence-electron chi connectivity index (χ2n) is 5.01. The van der Waals surface area contributed by atoms with Gasteiger partial charge in [0.05, 0.1) is 16.4 Å². The lowest BCUT2D eigenvalue weighted by atomic mass is 10.2. The van der Waals surface area contributed by atoms with Crippen LogP contribution in [-0.2, 0) is 10.5 Å². The minimum absolute atomic E-state index is 0. The molecule has 0 saturated heterocycles. The summed E-state index contributed by atoms with van der Waals surface area (Å²) in [5, 5.41) is 3.19. The van der Waals surface area contributed by atoms with Gasteiger partial charge in [-0.15, -0.1) is 35.5 Å². The third-order valence-corrected chi connectivity index (χ3v) is 5.63. The van der Waals surface area contributed by atoms with E-state index < -0.39 is 0 Å². The molecule has 23 heavy (non-hydrogen) atoms. The average molecular weight is 377 g/mol. The Morgan fingerprint density at radius 2 is 2.17 bits per heavy atom. The molecule has 0 saturated carbocycles. The number of fused-ring (bicyclic) bond motifs is 1. The number of H-pyrrole nitrogens is 1. The zero-order valence-electron chi connectivity index (χ0n) is 13.3. The van der Waals surface area contributed by atoms with Gasteiger partial charge in [0.15, 0.2) is 0 Å². The molecular formula is C14H21ClN4O2S2. The van der Waals surface area contributed by atoms with Crippen LogP contribution in [0.1, 0.15) is 23.2 Å². The summed E-state index contributed by atoms with van der Waals surface area (Å²) in [4.78, 5) is 33.1. The summed E-state index contributed by atoms with van der Waals surface area (Å²) in [6, 6.07) is 0. The predicted molar refractivity (Wildman–Crippen MR) is 99.8 cm³/mol. The number of hydrogen-bond donors (Lipinski definition) is 3. The van der Waals surface area contributed by atoms with Crippen molar-refractivity contribution < 1.29 is 4.79 Å². The molecule has 0 radical (unpaired) electrons. The first-order valence-corrected chi connectivity index (χ1v) is 8.88. The van der Waals surface area contributed by atoms with Crippen molar-refractivity contribution in [3.05, 3.63) is 26.6 Å². The first-order valence-electron chi connectivity index (χ1n) is 7.02. The van der Waals surface area contributed by atoms with Crippen molar-refractivity contribution in [3.8, 4) is 0 Å². The van der Waals surface area contributed by atoms with E-state index in [1.54, 1.807) is 0 Å². The summed E-state index contributed by atoms with van der Waals surface area (Å²) in [7, 11) is 0. The minimum atomic E-state index is -0.223. The summed E-state index contributed by atoms with van der Waals surface area (Å²) in [5.74, 6) is 1.03. The van der Waals surface area contributed by atoms with Crippen LogP contribution in [0.15, 0.2) is 4.79 Å². The molecule has 0 aromatic carbocycles. The molecule has 0 fully saturated rings. The van der Waals surface area contributed by atoms with Crippen LogP contribution in [0.5, 0.6) is 0 Å². The highest BCUT2D eigenvalue weighted by atomic mass is 35.5. The van der Waals surface area contributed by atoms with Gasteiger partial charge in [-0.05, 0) is 26.3 Å². The van der Waals surface area contributed by atoms with E-state index in [2.05, 4.69) is 15.3 Å². The number of amides is 1. The molecule has 0 bridgehead atoms. The van der Waals surface area contributed by atoms with Gasteiger partial charge in [-0.2, -0.15) is 0 Å². The van der Waals surface area contributed by atoms with Crippen molar-refractivity contribution in [2.45, 2.75) is 31.8 Å². The predicted octanol–water partition coefficient (Wildman–Crippen LogP) is 1.72. The Morgan fingerprint density at radius 1 is 1.48 bits per heavy atom. The normalized spacial score (nSPS) is 12.0. The fourth-order valence-corrected chi connectivity index (χ4v) is 3.81. The number of aromatic nitrogens is 2. The van der Waals surface area contributed by atoms with Crippen LogP contribution >= 0.6 is 35.5 Å². The van der Waals surface area contributed by atoms with Crippen LogP contribution in [0.25, 0.3) is 10.2 Å². The van der Waals surface area contributed by atoms with Gasteiger partial charge < -0.3 is 16.0 Å². The van der Waals surface area contributed by atoms with Gasteiger partial charge in [0, 0.05) is 18.0 Å². The molecule has 1 amide bonds. The maximum absolute atomic E-state index is 12.2. The van der Waals surface area contributed by atoms with Gasteiger partial charge in [-0.1, -0.05) is 0 Å². The van der Waals surface area contributed by atoms with E-state index in [1.165, 1.54) is 23.1 Å². The second kappa shape index (κ2) is 8.68. The Labute approximate surface area is 149 Å². The second-order valence-corrected chi connectivity index (χ2v) is 7.54. The van der Waals surface area contributed by atoms with Crippen LogP contribution in [0, 0.1) is 13.8 Å². The topological polar surface area (TPSA) is 101 Å². The van der Waals surface area contributed by atoms with E-state index in [0.717, 1.165) is 15.3 Å². The van der Waals surface area contributed by atoms with E-state index in [4.69, 9.17) is 5.73 Å². The molecule has 1 unspecified atom stereocenters. The number of nitrogens with one attached hydrogen (secondary N) is 2. The number of rotatable bonds is 6. The van der Waals surface area contributed by atoms with Crippen LogP contribution in [0.3, 0.4) is 0 Å². The van der Waals surface area contributed by atoms with Crippen molar-refractivity contribution in [1.82, 2.24) is 15.3 Å². The summed E-state index contributed by atoms with van der Waals surface area (Å²) < 4.78 is 0. The molecule has 9 heteroatoms. The maximum Gasteiger partial charge on any atom is 0.259 e. The number of hydrogen-bond acceptors (Lipinski definition) is 6. The Hall–Kier alpha value is -1.09. The summed E-state index contributed by atoms with van der Waals surface area (Å²) in [6.07, 6.45) is 0. The van der Waals surface area contributed by atoms with Crippen LogP contribution in [-0.4, -0.2) is 34.2 Å². The van der Waals surface area contributed by atoms with Gasteiger partial charge in [0.25, 0.3) is 5.56 Å². The SMILES string of the molecule is Cc1sc2nc(CSC(C)C(=O)NCCN)[nH]c(=O)c2c1C.Cl. The number of nitrogens with zero attached hydrogens (tertiary/aromatic N) is 1. The Kier molecular flexibility index (Phi) is 7.53. The van der Waals surface area contributed by atoms with Gasteiger partial charge in [0.2, 0.25) is 5.91 Å². The lowest BCUT2D eigenvalue weighted by molar-refractivity contribution is -0.120. The average Bonchev–Trinajstić information content (AvgIpc) is 2.77. The third-order valence-electron chi connectivity index (χ3n) is 3.37. The number of aryl methyl sites for hydroxylation is 2. The molecule has 2 heterocycles. The Bertz CT molecular complexity index is 744.